The van der Waals surface area contributed by atoms with Gasteiger partial charge in [0.1, 0.15) is 6.04 Å². The Kier molecular flexibility index (Phi) is 3.55. The molecule has 0 unspecified atom stereocenters. The van der Waals surface area contributed by atoms with Gasteiger partial charge in [0.2, 0.25) is 0 Å². The highest BCUT2D eigenvalue weighted by molar-refractivity contribution is 5.18. The maximum atomic E-state index is 9.17. The molecule has 0 bridgehead atoms. The molecule has 0 amide bonds. The van der Waals surface area contributed by atoms with E-state index < -0.39 is 0 Å². The van der Waals surface area contributed by atoms with Crippen molar-refractivity contribution in [3.05, 3.63) is 35.9 Å². The zero-order valence-electron chi connectivity index (χ0n) is 9.56. The van der Waals surface area contributed by atoms with Gasteiger partial charge in [0.15, 0.2) is 0 Å². The van der Waals surface area contributed by atoms with Crippen LogP contribution in [0.15, 0.2) is 30.3 Å². The van der Waals surface area contributed by atoms with Crippen LogP contribution in [0.1, 0.15) is 5.56 Å². The van der Waals surface area contributed by atoms with E-state index in [4.69, 9.17) is 5.26 Å². The first kappa shape index (κ1) is 11.1. The van der Waals surface area contributed by atoms with E-state index in [1.807, 2.05) is 25.2 Å². The summed E-state index contributed by atoms with van der Waals surface area (Å²) in [5.41, 5.74) is 1.24. The molecule has 1 atom stereocenters. The molecule has 1 heterocycles. The fourth-order valence-electron chi connectivity index (χ4n) is 2.04. The average Bonchev–Trinajstić information content (AvgIpc) is 2.27. The largest absolute Gasteiger partial charge is 0.315 e. The van der Waals surface area contributed by atoms with Crippen LogP contribution in [0.25, 0.3) is 0 Å². The summed E-state index contributed by atoms with van der Waals surface area (Å²) in [5.74, 6) is 0. The first-order valence-electron chi connectivity index (χ1n) is 5.68. The molecule has 3 heteroatoms. The molecule has 84 valence electrons. The molecule has 0 aromatic heterocycles. The molecule has 2 rings (SSSR count). The van der Waals surface area contributed by atoms with Crippen molar-refractivity contribution in [2.24, 2.45) is 0 Å². The third-order valence-corrected chi connectivity index (χ3v) is 3.18. The number of likely N-dealkylation sites (tertiary alicyclic amines) is 1. The van der Waals surface area contributed by atoms with Crippen LogP contribution < -0.4 is 5.32 Å². The van der Waals surface area contributed by atoms with E-state index in [1.165, 1.54) is 5.56 Å². The lowest BCUT2D eigenvalue weighted by atomic mass is 10.0. The molecule has 16 heavy (non-hydrogen) atoms. The van der Waals surface area contributed by atoms with Crippen LogP contribution in [0.3, 0.4) is 0 Å². The minimum Gasteiger partial charge on any atom is -0.315 e. The Morgan fingerprint density at radius 1 is 1.44 bits per heavy atom. The third kappa shape index (κ3) is 2.41. The molecule has 3 nitrogen and oxygen atoms in total. The molecule has 0 spiro atoms. The summed E-state index contributed by atoms with van der Waals surface area (Å²) < 4.78 is 0. The van der Waals surface area contributed by atoms with Gasteiger partial charge in [0.05, 0.1) is 6.07 Å². The van der Waals surface area contributed by atoms with Crippen molar-refractivity contribution in [2.45, 2.75) is 18.5 Å². The van der Waals surface area contributed by atoms with E-state index >= 15 is 0 Å². The van der Waals surface area contributed by atoms with Crippen LogP contribution in [-0.2, 0) is 6.42 Å². The standard InChI is InChI=1S/C13H17N3/c1-15-12-9-16(10-12)13(8-14)7-11-5-3-2-4-6-11/h2-6,12-13,15H,7,9-10H2,1H3/t13-/m1/s1. The predicted octanol–water partition coefficient (Wildman–Crippen LogP) is 1.02. The van der Waals surface area contributed by atoms with Crippen LogP contribution in [0, 0.1) is 11.3 Å². The zero-order valence-corrected chi connectivity index (χ0v) is 9.56. The minimum absolute atomic E-state index is 0.0204. The lowest BCUT2D eigenvalue weighted by molar-refractivity contribution is 0.104. The molecule has 1 aromatic carbocycles. The average molecular weight is 215 g/mol. The Hall–Kier alpha value is -1.37. The number of nitrogens with zero attached hydrogens (tertiary/aromatic N) is 2. The second-order valence-corrected chi connectivity index (χ2v) is 4.27. The van der Waals surface area contributed by atoms with Gasteiger partial charge in [-0.15, -0.1) is 0 Å². The van der Waals surface area contributed by atoms with Crippen molar-refractivity contribution in [2.75, 3.05) is 20.1 Å². The number of hydrogen-bond donors (Lipinski definition) is 1. The van der Waals surface area contributed by atoms with E-state index in [-0.39, 0.29) is 6.04 Å². The van der Waals surface area contributed by atoms with Crippen molar-refractivity contribution in [1.29, 1.82) is 5.26 Å². The normalized spacial score (nSPS) is 18.8. The summed E-state index contributed by atoms with van der Waals surface area (Å²) in [6.07, 6.45) is 0.827. The lowest BCUT2D eigenvalue weighted by Crippen LogP contribution is -2.60. The van der Waals surface area contributed by atoms with Crippen molar-refractivity contribution < 1.29 is 0 Å². The summed E-state index contributed by atoms with van der Waals surface area (Å²) in [6.45, 7) is 1.98. The predicted molar refractivity (Wildman–Crippen MR) is 64.0 cm³/mol. The number of rotatable bonds is 4. The van der Waals surface area contributed by atoms with Gasteiger partial charge in [-0.1, -0.05) is 30.3 Å². The SMILES string of the molecule is CNC1CN([C@@H](C#N)Cc2ccccc2)C1. The Morgan fingerprint density at radius 2 is 2.12 bits per heavy atom. The van der Waals surface area contributed by atoms with E-state index in [0.717, 1.165) is 19.5 Å². The fraction of sp³-hybridized carbons (Fsp3) is 0.462. The Labute approximate surface area is 96.7 Å². The van der Waals surface area contributed by atoms with E-state index in [0.29, 0.717) is 6.04 Å². The van der Waals surface area contributed by atoms with Gasteiger partial charge in [-0.2, -0.15) is 5.26 Å². The quantitative estimate of drug-likeness (QED) is 0.815. The molecule has 1 aromatic rings. The highest BCUT2D eigenvalue weighted by Crippen LogP contribution is 2.15. The summed E-state index contributed by atoms with van der Waals surface area (Å²) in [6, 6.07) is 13.2. The number of likely N-dealkylation sites (N-methyl/N-ethyl adjacent to an activating group) is 1. The van der Waals surface area contributed by atoms with Gasteiger partial charge in [-0.3, -0.25) is 4.90 Å². The molecule has 0 radical (unpaired) electrons. The van der Waals surface area contributed by atoms with Crippen LogP contribution in [0.5, 0.6) is 0 Å². The summed E-state index contributed by atoms with van der Waals surface area (Å²) in [7, 11) is 1.97. The summed E-state index contributed by atoms with van der Waals surface area (Å²) >= 11 is 0. The van der Waals surface area contributed by atoms with Crippen LogP contribution in [-0.4, -0.2) is 37.1 Å². The highest BCUT2D eigenvalue weighted by Gasteiger charge is 2.31. The highest BCUT2D eigenvalue weighted by atomic mass is 15.3. The minimum atomic E-state index is 0.0204. The number of hydrogen-bond acceptors (Lipinski definition) is 3. The molecule has 1 aliphatic heterocycles. The molecular weight excluding hydrogens is 198 g/mol. The van der Waals surface area contributed by atoms with E-state index in [9.17, 15) is 0 Å². The smallest absolute Gasteiger partial charge is 0.102 e. The molecule has 1 fully saturated rings. The van der Waals surface area contributed by atoms with Gasteiger partial charge in [0, 0.05) is 25.6 Å². The lowest BCUT2D eigenvalue weighted by Gasteiger charge is -2.41. The maximum Gasteiger partial charge on any atom is 0.102 e. The Morgan fingerprint density at radius 3 is 2.69 bits per heavy atom. The molecule has 0 aliphatic carbocycles. The van der Waals surface area contributed by atoms with Crippen molar-refractivity contribution in [1.82, 2.24) is 10.2 Å². The zero-order chi connectivity index (χ0) is 11.4. The number of nitriles is 1. The van der Waals surface area contributed by atoms with Crippen LogP contribution in [0.2, 0.25) is 0 Å². The maximum absolute atomic E-state index is 9.17. The first-order chi connectivity index (χ1) is 7.83. The molecular formula is C13H17N3. The third-order valence-electron chi connectivity index (χ3n) is 3.18. The monoisotopic (exact) mass is 215 g/mol. The Balaban J connectivity index is 1.91. The summed E-state index contributed by atoms with van der Waals surface area (Å²) in [5, 5.41) is 12.4. The van der Waals surface area contributed by atoms with Crippen molar-refractivity contribution in [3.63, 3.8) is 0 Å². The first-order valence-corrected chi connectivity index (χ1v) is 5.68. The van der Waals surface area contributed by atoms with Gasteiger partial charge in [-0.25, -0.2) is 0 Å². The molecule has 1 saturated heterocycles. The topological polar surface area (TPSA) is 39.1 Å². The van der Waals surface area contributed by atoms with Crippen molar-refractivity contribution >= 4 is 0 Å². The number of benzene rings is 1. The summed E-state index contributed by atoms with van der Waals surface area (Å²) in [4.78, 5) is 2.23. The Bertz CT molecular complexity index is 363. The second-order valence-electron chi connectivity index (χ2n) is 4.27. The number of nitrogens with one attached hydrogen (secondary N) is 1. The molecule has 1 N–H and O–H groups in total. The van der Waals surface area contributed by atoms with Gasteiger partial charge >= 0.3 is 0 Å². The van der Waals surface area contributed by atoms with E-state index in [2.05, 4.69) is 28.4 Å². The van der Waals surface area contributed by atoms with E-state index in [1.54, 1.807) is 0 Å². The fourth-order valence-corrected chi connectivity index (χ4v) is 2.04. The molecule has 1 aliphatic rings. The van der Waals surface area contributed by atoms with Crippen LogP contribution in [0.4, 0.5) is 0 Å². The molecule has 0 saturated carbocycles. The van der Waals surface area contributed by atoms with Gasteiger partial charge < -0.3 is 5.32 Å². The van der Waals surface area contributed by atoms with Crippen molar-refractivity contribution in [3.8, 4) is 6.07 Å². The van der Waals surface area contributed by atoms with Gasteiger partial charge in [0.25, 0.3) is 0 Å². The van der Waals surface area contributed by atoms with Crippen LogP contribution >= 0.6 is 0 Å². The second kappa shape index (κ2) is 5.11. The van der Waals surface area contributed by atoms with Gasteiger partial charge in [-0.05, 0) is 12.6 Å².